The first kappa shape index (κ1) is 14.2. The topological polar surface area (TPSA) is 33.6 Å². The molecule has 2 heterocycles. The van der Waals surface area contributed by atoms with Crippen LogP contribution in [0, 0.1) is 5.41 Å². The van der Waals surface area contributed by atoms with Crippen molar-refractivity contribution < 1.29 is 4.74 Å². The number of rotatable bonds is 2. The molecule has 2 atom stereocenters. The summed E-state index contributed by atoms with van der Waals surface area (Å²) in [6.07, 6.45) is 3.54. The lowest BCUT2D eigenvalue weighted by atomic mass is 9.90. The van der Waals surface area contributed by atoms with Crippen LogP contribution in [-0.2, 0) is 4.74 Å². The van der Waals surface area contributed by atoms with Gasteiger partial charge >= 0.3 is 0 Å². The Morgan fingerprint density at radius 3 is 2.89 bits per heavy atom. The van der Waals surface area contributed by atoms with Crippen LogP contribution in [0.25, 0.3) is 0 Å². The number of hydrogen-bond acceptors (Lipinski definition) is 4. The summed E-state index contributed by atoms with van der Waals surface area (Å²) >= 11 is 1.91. The zero-order chi connectivity index (χ0) is 13.2. The first-order valence-corrected chi connectivity index (χ1v) is 7.81. The van der Waals surface area contributed by atoms with Crippen LogP contribution in [0.2, 0.25) is 0 Å². The van der Waals surface area contributed by atoms with Crippen molar-refractivity contribution in [1.82, 2.24) is 5.32 Å². The Morgan fingerprint density at radius 1 is 1.50 bits per heavy atom. The van der Waals surface area contributed by atoms with Crippen molar-refractivity contribution in [2.24, 2.45) is 10.4 Å². The van der Waals surface area contributed by atoms with E-state index in [1.54, 1.807) is 0 Å². The predicted molar refractivity (Wildman–Crippen MR) is 79.3 cm³/mol. The summed E-state index contributed by atoms with van der Waals surface area (Å²) in [4.78, 5) is 4.65. The number of ether oxygens (including phenoxy) is 1. The van der Waals surface area contributed by atoms with Gasteiger partial charge in [0, 0.05) is 11.9 Å². The fourth-order valence-corrected chi connectivity index (χ4v) is 4.07. The van der Waals surface area contributed by atoms with Crippen molar-refractivity contribution in [3.63, 3.8) is 0 Å². The highest BCUT2D eigenvalue weighted by Crippen LogP contribution is 2.32. The molecule has 0 aromatic heterocycles. The van der Waals surface area contributed by atoms with Gasteiger partial charge in [-0.15, -0.1) is 0 Å². The Kier molecular flexibility index (Phi) is 4.27. The second-order valence-electron chi connectivity index (χ2n) is 6.99. The number of hydrogen-bond donors (Lipinski definition) is 1. The van der Waals surface area contributed by atoms with Gasteiger partial charge in [0.2, 0.25) is 0 Å². The van der Waals surface area contributed by atoms with Crippen LogP contribution in [0.3, 0.4) is 0 Å². The number of nitrogens with one attached hydrogen (secondary N) is 1. The highest BCUT2D eigenvalue weighted by Gasteiger charge is 2.32. The highest BCUT2D eigenvalue weighted by molar-refractivity contribution is 8.14. The maximum absolute atomic E-state index is 5.58. The van der Waals surface area contributed by atoms with Crippen molar-refractivity contribution in [2.75, 3.05) is 19.8 Å². The molecule has 1 N–H and O–H groups in total. The number of amidine groups is 1. The van der Waals surface area contributed by atoms with E-state index < -0.39 is 0 Å². The monoisotopic (exact) mass is 270 g/mol. The van der Waals surface area contributed by atoms with E-state index in [9.17, 15) is 0 Å². The van der Waals surface area contributed by atoms with Crippen molar-refractivity contribution in [3.05, 3.63) is 0 Å². The molecule has 0 spiro atoms. The molecule has 0 aromatic rings. The Bertz CT molecular complexity index is 316. The average Bonchev–Trinajstić information content (AvgIpc) is 2.62. The molecule has 1 saturated heterocycles. The van der Waals surface area contributed by atoms with Crippen molar-refractivity contribution in [2.45, 2.75) is 57.7 Å². The number of nitrogens with zero attached hydrogens (tertiary/aromatic N) is 1. The Morgan fingerprint density at radius 2 is 2.28 bits per heavy atom. The molecule has 104 valence electrons. The third-order valence-corrected chi connectivity index (χ3v) is 4.51. The average molecular weight is 270 g/mol. The van der Waals surface area contributed by atoms with Gasteiger partial charge in [-0.05, 0) is 31.6 Å². The zero-order valence-corrected chi connectivity index (χ0v) is 12.9. The minimum Gasteiger partial charge on any atom is -0.379 e. The van der Waals surface area contributed by atoms with Crippen LogP contribution >= 0.6 is 11.8 Å². The third-order valence-electron chi connectivity index (χ3n) is 3.40. The van der Waals surface area contributed by atoms with Gasteiger partial charge < -0.3 is 10.1 Å². The van der Waals surface area contributed by atoms with E-state index in [1.165, 1.54) is 12.8 Å². The van der Waals surface area contributed by atoms with Crippen molar-refractivity contribution in [3.8, 4) is 0 Å². The maximum atomic E-state index is 5.58. The largest absolute Gasteiger partial charge is 0.379 e. The van der Waals surface area contributed by atoms with Crippen LogP contribution in [0.1, 0.15) is 47.0 Å². The van der Waals surface area contributed by atoms with Crippen molar-refractivity contribution >= 4 is 16.9 Å². The number of thioether (sulfide) groups is 1. The fraction of sp³-hybridized carbons (Fsp3) is 0.929. The molecular weight excluding hydrogens is 244 g/mol. The molecular formula is C14H26N2OS. The van der Waals surface area contributed by atoms with E-state index in [-0.39, 0.29) is 5.54 Å². The third kappa shape index (κ3) is 4.16. The summed E-state index contributed by atoms with van der Waals surface area (Å²) in [5.74, 6) is 0. The Balaban J connectivity index is 1.82. The zero-order valence-electron chi connectivity index (χ0n) is 12.1. The van der Waals surface area contributed by atoms with Gasteiger partial charge in [-0.3, -0.25) is 4.99 Å². The summed E-state index contributed by atoms with van der Waals surface area (Å²) in [6.45, 7) is 11.8. The lowest BCUT2D eigenvalue weighted by molar-refractivity contribution is 0.0375. The summed E-state index contributed by atoms with van der Waals surface area (Å²) in [5, 5.41) is 5.36. The summed E-state index contributed by atoms with van der Waals surface area (Å²) in [7, 11) is 0. The Labute approximate surface area is 115 Å². The molecule has 2 aliphatic rings. The van der Waals surface area contributed by atoms with Crippen LogP contribution in [0.5, 0.6) is 0 Å². The summed E-state index contributed by atoms with van der Waals surface area (Å²) in [6, 6.07) is 0. The minimum absolute atomic E-state index is 0.0840. The molecule has 18 heavy (non-hydrogen) atoms. The SMILES string of the molecule is CC(C)(C)CC1CN=C(NC2(C)CCCOC2)S1. The second kappa shape index (κ2) is 5.41. The molecule has 0 aliphatic carbocycles. The molecule has 2 aliphatic heterocycles. The van der Waals surface area contributed by atoms with E-state index in [4.69, 9.17) is 4.74 Å². The number of aliphatic imine (C=N–C) groups is 1. The molecule has 0 aromatic carbocycles. The standard InChI is InChI=1S/C14H26N2OS/c1-13(2,3)8-11-9-15-12(18-11)16-14(4)6-5-7-17-10-14/h11H,5-10H2,1-4H3,(H,15,16). The van der Waals surface area contributed by atoms with E-state index in [0.717, 1.165) is 31.3 Å². The van der Waals surface area contributed by atoms with E-state index in [0.29, 0.717) is 10.7 Å². The molecule has 0 amide bonds. The fourth-order valence-electron chi connectivity index (χ4n) is 2.57. The van der Waals surface area contributed by atoms with Crippen LogP contribution in [0.4, 0.5) is 0 Å². The summed E-state index contributed by atoms with van der Waals surface area (Å²) < 4.78 is 5.58. The molecule has 3 nitrogen and oxygen atoms in total. The van der Waals surface area contributed by atoms with Crippen LogP contribution < -0.4 is 5.32 Å². The molecule has 1 fully saturated rings. The lowest BCUT2D eigenvalue weighted by Gasteiger charge is -2.35. The van der Waals surface area contributed by atoms with Crippen LogP contribution in [0.15, 0.2) is 4.99 Å². The van der Waals surface area contributed by atoms with Gasteiger partial charge in [0.05, 0.1) is 18.7 Å². The van der Waals surface area contributed by atoms with Crippen molar-refractivity contribution in [1.29, 1.82) is 0 Å². The second-order valence-corrected chi connectivity index (χ2v) is 8.28. The van der Waals surface area contributed by atoms with Gasteiger partial charge in [0.1, 0.15) is 0 Å². The van der Waals surface area contributed by atoms with E-state index >= 15 is 0 Å². The smallest absolute Gasteiger partial charge is 0.157 e. The quantitative estimate of drug-likeness (QED) is 0.837. The Hall–Kier alpha value is -0.220. The normalized spacial score (nSPS) is 33.3. The first-order chi connectivity index (χ1) is 8.36. The van der Waals surface area contributed by atoms with Gasteiger partial charge in [0.25, 0.3) is 0 Å². The highest BCUT2D eigenvalue weighted by atomic mass is 32.2. The van der Waals surface area contributed by atoms with E-state index in [1.807, 2.05) is 11.8 Å². The lowest BCUT2D eigenvalue weighted by Crippen LogP contribution is -2.50. The van der Waals surface area contributed by atoms with Gasteiger partial charge in [-0.1, -0.05) is 32.5 Å². The molecule has 0 saturated carbocycles. The predicted octanol–water partition coefficient (Wildman–Crippen LogP) is 3.05. The van der Waals surface area contributed by atoms with Gasteiger partial charge in [-0.2, -0.15) is 0 Å². The molecule has 0 bridgehead atoms. The molecule has 0 radical (unpaired) electrons. The van der Waals surface area contributed by atoms with Crippen LogP contribution in [-0.4, -0.2) is 35.7 Å². The molecule has 4 heteroatoms. The molecule has 2 rings (SSSR count). The minimum atomic E-state index is 0.0840. The molecule has 2 unspecified atom stereocenters. The maximum Gasteiger partial charge on any atom is 0.157 e. The van der Waals surface area contributed by atoms with E-state index in [2.05, 4.69) is 38.0 Å². The van der Waals surface area contributed by atoms with Gasteiger partial charge in [-0.25, -0.2) is 0 Å². The summed E-state index contributed by atoms with van der Waals surface area (Å²) in [5.41, 5.74) is 0.473. The first-order valence-electron chi connectivity index (χ1n) is 6.93. The van der Waals surface area contributed by atoms with Gasteiger partial charge in [0.15, 0.2) is 5.17 Å².